The van der Waals surface area contributed by atoms with Gasteiger partial charge in [-0.1, -0.05) is 0 Å². The fraction of sp³-hybridized carbons (Fsp3) is 0.833. The Morgan fingerprint density at radius 1 is 1.70 bits per heavy atom. The Morgan fingerprint density at radius 3 is 2.20 bits per heavy atom. The minimum Gasteiger partial charge on any atom is -0.480 e. The predicted molar refractivity (Wildman–Crippen MR) is 38.5 cm³/mol. The van der Waals surface area contributed by atoms with Crippen molar-refractivity contribution in [2.24, 2.45) is 11.5 Å². The van der Waals surface area contributed by atoms with Crippen LogP contribution < -0.4 is 11.5 Å². The van der Waals surface area contributed by atoms with Crippen LogP contribution in [0.25, 0.3) is 0 Å². The van der Waals surface area contributed by atoms with Gasteiger partial charge in [-0.05, 0) is 20.3 Å². The topological polar surface area (TPSA) is 89.3 Å². The molecule has 4 nitrogen and oxygen atoms in total. The molecule has 0 aromatic heterocycles. The Bertz CT molecular complexity index is 128. The highest BCUT2D eigenvalue weighted by molar-refractivity contribution is 5.73. The average molecular weight is 146 g/mol. The number of hydrogen-bond acceptors (Lipinski definition) is 3. The van der Waals surface area contributed by atoms with E-state index in [2.05, 4.69) is 0 Å². The summed E-state index contributed by atoms with van der Waals surface area (Å²) in [4.78, 5) is 10.2. The highest BCUT2D eigenvalue weighted by Crippen LogP contribution is 2.05. The molecule has 0 heterocycles. The van der Waals surface area contributed by atoms with Crippen molar-refractivity contribution in [1.82, 2.24) is 0 Å². The van der Waals surface area contributed by atoms with Crippen molar-refractivity contribution in [1.29, 1.82) is 0 Å². The first kappa shape index (κ1) is 9.39. The zero-order valence-corrected chi connectivity index (χ0v) is 6.29. The van der Waals surface area contributed by atoms with E-state index in [0.29, 0.717) is 6.42 Å². The Balaban J connectivity index is 3.80. The Morgan fingerprint density at radius 2 is 2.10 bits per heavy atom. The maximum absolute atomic E-state index is 10.2. The third-order valence-electron chi connectivity index (χ3n) is 1.06. The van der Waals surface area contributed by atoms with E-state index in [1.165, 1.54) is 0 Å². The molecule has 0 aliphatic carbocycles. The molecule has 0 rings (SSSR count). The molecule has 4 heteroatoms. The number of carboxylic acids is 1. The van der Waals surface area contributed by atoms with Gasteiger partial charge in [0.1, 0.15) is 6.04 Å². The molecule has 0 bridgehead atoms. The summed E-state index contributed by atoms with van der Waals surface area (Å²) >= 11 is 0. The van der Waals surface area contributed by atoms with Crippen LogP contribution in [-0.2, 0) is 4.79 Å². The number of carboxylic acid groups (broad SMARTS) is 1. The molecule has 0 unspecified atom stereocenters. The van der Waals surface area contributed by atoms with Crippen molar-refractivity contribution in [3.63, 3.8) is 0 Å². The summed E-state index contributed by atoms with van der Waals surface area (Å²) in [7, 11) is 0. The number of rotatable bonds is 3. The van der Waals surface area contributed by atoms with Crippen molar-refractivity contribution >= 4 is 5.97 Å². The Hall–Kier alpha value is -0.610. The molecule has 0 aliphatic rings. The zero-order chi connectivity index (χ0) is 8.36. The largest absolute Gasteiger partial charge is 0.480 e. The second-order valence-electron chi connectivity index (χ2n) is 3.14. The van der Waals surface area contributed by atoms with Crippen molar-refractivity contribution in [3.8, 4) is 0 Å². The third-order valence-corrected chi connectivity index (χ3v) is 1.06. The Labute approximate surface area is 60.2 Å². The van der Waals surface area contributed by atoms with E-state index in [9.17, 15) is 4.79 Å². The highest BCUT2D eigenvalue weighted by atomic mass is 16.4. The lowest BCUT2D eigenvalue weighted by atomic mass is 9.97. The molecule has 10 heavy (non-hydrogen) atoms. The average Bonchev–Trinajstić information content (AvgIpc) is 1.60. The lowest BCUT2D eigenvalue weighted by Crippen LogP contribution is -2.43. The molecule has 0 saturated heterocycles. The second-order valence-corrected chi connectivity index (χ2v) is 3.14. The highest BCUT2D eigenvalue weighted by Gasteiger charge is 2.20. The van der Waals surface area contributed by atoms with E-state index in [1.54, 1.807) is 13.8 Å². The first-order chi connectivity index (χ1) is 4.33. The molecule has 0 aliphatic heterocycles. The van der Waals surface area contributed by atoms with Crippen LogP contribution in [-0.4, -0.2) is 22.7 Å². The molecule has 0 spiro atoms. The van der Waals surface area contributed by atoms with Gasteiger partial charge in [-0.2, -0.15) is 0 Å². The van der Waals surface area contributed by atoms with Crippen molar-refractivity contribution in [2.45, 2.75) is 31.8 Å². The van der Waals surface area contributed by atoms with Gasteiger partial charge in [-0.15, -0.1) is 0 Å². The van der Waals surface area contributed by atoms with Crippen LogP contribution in [0.4, 0.5) is 0 Å². The van der Waals surface area contributed by atoms with Gasteiger partial charge in [0.05, 0.1) is 0 Å². The van der Waals surface area contributed by atoms with E-state index in [0.717, 1.165) is 0 Å². The lowest BCUT2D eigenvalue weighted by Gasteiger charge is -2.20. The summed E-state index contributed by atoms with van der Waals surface area (Å²) < 4.78 is 0. The van der Waals surface area contributed by atoms with E-state index < -0.39 is 17.6 Å². The molecule has 0 fully saturated rings. The molecule has 0 aromatic carbocycles. The summed E-state index contributed by atoms with van der Waals surface area (Å²) in [5.41, 5.74) is 10.3. The van der Waals surface area contributed by atoms with Crippen LogP contribution in [0.1, 0.15) is 20.3 Å². The molecule has 0 aromatic rings. The normalized spacial score (nSPS) is 14.8. The first-order valence-corrected chi connectivity index (χ1v) is 3.10. The van der Waals surface area contributed by atoms with Gasteiger partial charge >= 0.3 is 5.97 Å². The molecule has 0 saturated carbocycles. The van der Waals surface area contributed by atoms with Crippen LogP contribution in [0.3, 0.4) is 0 Å². The SMILES string of the molecule is CC(C)(N)C[C@H](N)C(=O)O. The van der Waals surface area contributed by atoms with Crippen molar-refractivity contribution < 1.29 is 9.90 Å². The number of hydrogen-bond donors (Lipinski definition) is 3. The molecule has 0 amide bonds. The third kappa shape index (κ3) is 4.29. The van der Waals surface area contributed by atoms with Gasteiger partial charge in [0.2, 0.25) is 0 Å². The van der Waals surface area contributed by atoms with E-state index in [-0.39, 0.29) is 0 Å². The maximum Gasteiger partial charge on any atom is 0.320 e. The number of nitrogens with two attached hydrogens (primary N) is 2. The van der Waals surface area contributed by atoms with Crippen LogP contribution in [0, 0.1) is 0 Å². The van der Waals surface area contributed by atoms with Crippen LogP contribution in [0.5, 0.6) is 0 Å². The number of carbonyl (C=O) groups is 1. The smallest absolute Gasteiger partial charge is 0.320 e. The minimum absolute atomic E-state index is 0.294. The number of aliphatic carboxylic acids is 1. The second kappa shape index (κ2) is 2.98. The molecule has 1 atom stereocenters. The fourth-order valence-electron chi connectivity index (χ4n) is 0.654. The predicted octanol–water partition coefficient (Wildman–Crippen LogP) is -0.474. The van der Waals surface area contributed by atoms with Gasteiger partial charge in [-0.3, -0.25) is 4.79 Å². The molecule has 0 radical (unpaired) electrons. The summed E-state index contributed by atoms with van der Waals surface area (Å²) in [6, 6.07) is -0.847. The van der Waals surface area contributed by atoms with Gasteiger partial charge in [0, 0.05) is 5.54 Å². The van der Waals surface area contributed by atoms with Crippen LogP contribution >= 0.6 is 0 Å². The van der Waals surface area contributed by atoms with E-state index in [4.69, 9.17) is 16.6 Å². The zero-order valence-electron chi connectivity index (χ0n) is 6.29. The molecular weight excluding hydrogens is 132 g/mol. The van der Waals surface area contributed by atoms with E-state index in [1.807, 2.05) is 0 Å². The fourth-order valence-corrected chi connectivity index (χ4v) is 0.654. The van der Waals surface area contributed by atoms with Gasteiger partial charge in [0.15, 0.2) is 0 Å². The van der Waals surface area contributed by atoms with Crippen molar-refractivity contribution in [3.05, 3.63) is 0 Å². The van der Waals surface area contributed by atoms with Crippen LogP contribution in [0.15, 0.2) is 0 Å². The standard InChI is InChI=1S/C6H14N2O2/c1-6(2,8)3-4(7)5(9)10/h4H,3,7-8H2,1-2H3,(H,9,10)/t4-/m0/s1. The van der Waals surface area contributed by atoms with Crippen molar-refractivity contribution in [2.75, 3.05) is 0 Å². The summed E-state index contributed by atoms with van der Waals surface area (Å²) in [6.45, 7) is 3.49. The maximum atomic E-state index is 10.2. The Kier molecular flexibility index (Phi) is 2.80. The monoisotopic (exact) mass is 146 g/mol. The first-order valence-electron chi connectivity index (χ1n) is 3.10. The minimum atomic E-state index is -1.00. The van der Waals surface area contributed by atoms with Crippen LogP contribution in [0.2, 0.25) is 0 Å². The lowest BCUT2D eigenvalue weighted by molar-refractivity contribution is -0.139. The quantitative estimate of drug-likeness (QED) is 0.502. The van der Waals surface area contributed by atoms with E-state index >= 15 is 0 Å². The summed E-state index contributed by atoms with van der Waals surface area (Å²) in [6.07, 6.45) is 0.294. The summed E-state index contributed by atoms with van der Waals surface area (Å²) in [5, 5.41) is 8.36. The molecular formula is C6H14N2O2. The van der Waals surface area contributed by atoms with Gasteiger partial charge in [0.25, 0.3) is 0 Å². The van der Waals surface area contributed by atoms with Gasteiger partial charge < -0.3 is 16.6 Å². The summed E-state index contributed by atoms with van der Waals surface area (Å²) in [5.74, 6) is -1.00. The molecule has 5 N–H and O–H groups in total. The van der Waals surface area contributed by atoms with Gasteiger partial charge in [-0.25, -0.2) is 0 Å². The molecule has 60 valence electrons.